The van der Waals surface area contributed by atoms with Gasteiger partial charge in [0.25, 0.3) is 0 Å². The van der Waals surface area contributed by atoms with Crippen LogP contribution in [0.2, 0.25) is 0 Å². The molecular weight excluding hydrogens is 216 g/mol. The number of nitrogens with one attached hydrogen (secondary N) is 1. The molecule has 1 fully saturated rings. The molecule has 1 heterocycles. The molecule has 1 aliphatic carbocycles. The van der Waals surface area contributed by atoms with Crippen LogP contribution in [0.15, 0.2) is 12.5 Å². The topological polar surface area (TPSA) is 84.1 Å². The Morgan fingerprint density at radius 2 is 2.47 bits per heavy atom. The predicted octanol–water partition coefficient (Wildman–Crippen LogP) is 1.41. The van der Waals surface area contributed by atoms with Crippen LogP contribution in [0.25, 0.3) is 0 Å². The zero-order valence-corrected chi connectivity index (χ0v) is 10.2. The first-order chi connectivity index (χ1) is 8.15. The lowest BCUT2D eigenvalue weighted by atomic mass is 9.77. The Morgan fingerprint density at radius 1 is 1.65 bits per heavy atom. The number of nitrogens with two attached hydrogens (primary N) is 1. The molecule has 17 heavy (non-hydrogen) atoms. The van der Waals surface area contributed by atoms with E-state index in [1.807, 2.05) is 0 Å². The second-order valence-electron chi connectivity index (χ2n) is 5.09. The van der Waals surface area contributed by atoms with Crippen LogP contribution in [-0.4, -0.2) is 27.2 Å². The summed E-state index contributed by atoms with van der Waals surface area (Å²) in [6, 6.07) is 0. The highest BCUT2D eigenvalue weighted by Gasteiger charge is 2.34. The van der Waals surface area contributed by atoms with Crippen molar-refractivity contribution >= 4 is 11.5 Å². The number of aliphatic hydroxyl groups is 1. The van der Waals surface area contributed by atoms with Gasteiger partial charge in [-0.1, -0.05) is 19.8 Å². The highest BCUT2D eigenvalue weighted by molar-refractivity contribution is 5.60. The Balaban J connectivity index is 2.17. The Bertz CT molecular complexity index is 385. The van der Waals surface area contributed by atoms with Crippen molar-refractivity contribution in [2.45, 2.75) is 38.1 Å². The molecule has 0 amide bonds. The van der Waals surface area contributed by atoms with Crippen molar-refractivity contribution in [2.75, 3.05) is 17.7 Å². The maximum absolute atomic E-state index is 9.66. The van der Waals surface area contributed by atoms with E-state index in [4.69, 9.17) is 5.73 Å². The Morgan fingerprint density at radius 3 is 3.12 bits per heavy atom. The zero-order chi connectivity index (χ0) is 12.3. The summed E-state index contributed by atoms with van der Waals surface area (Å²) in [4.78, 5) is 7.99. The van der Waals surface area contributed by atoms with Gasteiger partial charge in [-0.3, -0.25) is 0 Å². The molecule has 1 aliphatic rings. The molecule has 1 aromatic heterocycles. The molecule has 4 N–H and O–H groups in total. The summed E-state index contributed by atoms with van der Waals surface area (Å²) in [6.45, 7) is 2.33. The molecular formula is C12H20N4O. The first-order valence-corrected chi connectivity index (χ1v) is 6.10. The summed E-state index contributed by atoms with van der Waals surface area (Å²) in [7, 11) is 0. The number of nitrogens with zero attached hydrogens (tertiary/aromatic N) is 2. The van der Waals surface area contributed by atoms with Crippen LogP contribution in [0.1, 0.15) is 32.6 Å². The molecule has 5 nitrogen and oxygen atoms in total. The minimum atomic E-state index is -0.278. The van der Waals surface area contributed by atoms with Gasteiger partial charge in [0, 0.05) is 0 Å². The van der Waals surface area contributed by atoms with Crippen molar-refractivity contribution in [3.05, 3.63) is 12.5 Å². The van der Waals surface area contributed by atoms with Gasteiger partial charge in [-0.25, -0.2) is 9.97 Å². The molecule has 1 aromatic rings. The smallest absolute Gasteiger partial charge is 0.153 e. The zero-order valence-electron chi connectivity index (χ0n) is 10.2. The summed E-state index contributed by atoms with van der Waals surface area (Å²) in [6.07, 6.45) is 7.30. The minimum absolute atomic E-state index is 0.112. The molecule has 1 saturated carbocycles. The van der Waals surface area contributed by atoms with Crippen molar-refractivity contribution in [2.24, 2.45) is 5.92 Å². The maximum atomic E-state index is 9.66. The van der Waals surface area contributed by atoms with Gasteiger partial charge in [0.2, 0.25) is 0 Å². The van der Waals surface area contributed by atoms with E-state index in [0.717, 1.165) is 19.3 Å². The largest absolute Gasteiger partial charge is 0.394 e. The fourth-order valence-electron chi connectivity index (χ4n) is 2.65. The Labute approximate surface area is 101 Å². The standard InChI is InChI=1S/C12H20N4O/c1-9-3-2-4-12(5-9,7-17)16-11-10(13)6-14-8-15-11/h6,8-9,17H,2-5,7,13H2,1H3,(H,14,15,16). The lowest BCUT2D eigenvalue weighted by molar-refractivity contribution is 0.149. The van der Waals surface area contributed by atoms with E-state index in [2.05, 4.69) is 22.2 Å². The summed E-state index contributed by atoms with van der Waals surface area (Å²) in [5.74, 6) is 1.25. The normalized spacial score (nSPS) is 28.9. The van der Waals surface area contributed by atoms with Crippen LogP contribution in [0, 0.1) is 5.92 Å². The summed E-state index contributed by atoms with van der Waals surface area (Å²) >= 11 is 0. The van der Waals surface area contributed by atoms with Gasteiger partial charge in [-0.05, 0) is 18.8 Å². The number of aliphatic hydroxyl groups excluding tert-OH is 1. The van der Waals surface area contributed by atoms with E-state index >= 15 is 0 Å². The van der Waals surface area contributed by atoms with Crippen LogP contribution in [-0.2, 0) is 0 Å². The third-order valence-electron chi connectivity index (χ3n) is 3.52. The number of anilines is 2. The van der Waals surface area contributed by atoms with Gasteiger partial charge < -0.3 is 16.2 Å². The van der Waals surface area contributed by atoms with Gasteiger partial charge >= 0.3 is 0 Å². The average molecular weight is 236 g/mol. The van der Waals surface area contributed by atoms with Gasteiger partial charge in [0.1, 0.15) is 6.33 Å². The van der Waals surface area contributed by atoms with Gasteiger partial charge in [0.05, 0.1) is 24.0 Å². The first kappa shape index (κ1) is 12.1. The summed E-state index contributed by atoms with van der Waals surface area (Å²) in [5.41, 5.74) is 6.07. The quantitative estimate of drug-likeness (QED) is 0.739. The molecule has 0 radical (unpaired) electrons. The van der Waals surface area contributed by atoms with Crippen LogP contribution < -0.4 is 11.1 Å². The van der Waals surface area contributed by atoms with E-state index in [1.165, 1.54) is 12.7 Å². The first-order valence-electron chi connectivity index (χ1n) is 6.10. The number of nitrogen functional groups attached to an aromatic ring is 1. The van der Waals surface area contributed by atoms with Gasteiger partial charge in [-0.2, -0.15) is 0 Å². The Hall–Kier alpha value is -1.36. The molecule has 0 bridgehead atoms. The highest BCUT2D eigenvalue weighted by atomic mass is 16.3. The highest BCUT2D eigenvalue weighted by Crippen LogP contribution is 2.35. The summed E-state index contributed by atoms with van der Waals surface area (Å²) in [5, 5.41) is 13.0. The SMILES string of the molecule is CC1CCCC(CO)(Nc2ncncc2N)C1. The molecule has 0 saturated heterocycles. The number of aromatic nitrogens is 2. The molecule has 94 valence electrons. The van der Waals surface area contributed by atoms with Crippen molar-refractivity contribution in [3.63, 3.8) is 0 Å². The molecule has 2 atom stereocenters. The monoisotopic (exact) mass is 236 g/mol. The van der Waals surface area contributed by atoms with Crippen LogP contribution >= 0.6 is 0 Å². The second kappa shape index (κ2) is 4.87. The number of hydrogen-bond donors (Lipinski definition) is 3. The fraction of sp³-hybridized carbons (Fsp3) is 0.667. The van der Waals surface area contributed by atoms with Crippen LogP contribution in [0.4, 0.5) is 11.5 Å². The van der Waals surface area contributed by atoms with E-state index in [9.17, 15) is 5.11 Å². The minimum Gasteiger partial charge on any atom is -0.394 e. The fourth-order valence-corrected chi connectivity index (χ4v) is 2.65. The lowest BCUT2D eigenvalue weighted by Crippen LogP contribution is -2.46. The van der Waals surface area contributed by atoms with Crippen molar-refractivity contribution in [1.82, 2.24) is 9.97 Å². The molecule has 2 unspecified atom stereocenters. The summed E-state index contributed by atoms with van der Waals surface area (Å²) < 4.78 is 0. The average Bonchev–Trinajstić information content (AvgIpc) is 2.32. The second-order valence-corrected chi connectivity index (χ2v) is 5.09. The third kappa shape index (κ3) is 2.66. The van der Waals surface area contributed by atoms with Crippen LogP contribution in [0.3, 0.4) is 0 Å². The lowest BCUT2D eigenvalue weighted by Gasteiger charge is -2.39. The number of rotatable bonds is 3. The van der Waals surface area contributed by atoms with E-state index in [-0.39, 0.29) is 12.1 Å². The maximum Gasteiger partial charge on any atom is 0.153 e. The van der Waals surface area contributed by atoms with Crippen molar-refractivity contribution in [3.8, 4) is 0 Å². The van der Waals surface area contributed by atoms with Crippen LogP contribution in [0.5, 0.6) is 0 Å². The van der Waals surface area contributed by atoms with Gasteiger partial charge in [-0.15, -0.1) is 0 Å². The molecule has 2 rings (SSSR count). The van der Waals surface area contributed by atoms with E-state index in [0.29, 0.717) is 17.4 Å². The number of hydrogen-bond acceptors (Lipinski definition) is 5. The molecule has 5 heteroatoms. The van der Waals surface area contributed by atoms with Gasteiger partial charge in [0.15, 0.2) is 5.82 Å². The Kier molecular flexibility index (Phi) is 3.47. The molecule has 0 spiro atoms. The van der Waals surface area contributed by atoms with E-state index < -0.39 is 0 Å². The third-order valence-corrected chi connectivity index (χ3v) is 3.52. The predicted molar refractivity (Wildman–Crippen MR) is 67.5 cm³/mol. The van der Waals surface area contributed by atoms with Crippen molar-refractivity contribution in [1.29, 1.82) is 0 Å². The molecule has 0 aromatic carbocycles. The molecule has 0 aliphatic heterocycles. The van der Waals surface area contributed by atoms with Crippen molar-refractivity contribution < 1.29 is 5.11 Å². The van der Waals surface area contributed by atoms with E-state index in [1.54, 1.807) is 6.20 Å².